The number of hydrogen-bond acceptors (Lipinski definition) is 6. The van der Waals surface area contributed by atoms with Gasteiger partial charge in [0.2, 0.25) is 5.28 Å². The summed E-state index contributed by atoms with van der Waals surface area (Å²) < 4.78 is 0. The van der Waals surface area contributed by atoms with Crippen LogP contribution in [0.2, 0.25) is 10.4 Å². The lowest BCUT2D eigenvalue weighted by Gasteiger charge is -2.03. The summed E-state index contributed by atoms with van der Waals surface area (Å²) in [5.74, 6) is 0.409. The van der Waals surface area contributed by atoms with Gasteiger partial charge in [0.25, 0.3) is 0 Å². The molecule has 2 aromatic rings. The summed E-state index contributed by atoms with van der Waals surface area (Å²) in [7, 11) is 0. The van der Waals surface area contributed by atoms with Crippen LogP contribution < -0.4 is 5.32 Å². The summed E-state index contributed by atoms with van der Waals surface area (Å²) in [6, 6.07) is 0. The molecule has 0 fully saturated rings. The van der Waals surface area contributed by atoms with E-state index in [1.807, 2.05) is 5.38 Å². The SMILES string of the molecule is Clc1nnc(Cl)c(NCc2nccs2)n1. The fourth-order valence-electron chi connectivity index (χ4n) is 0.905. The topological polar surface area (TPSA) is 63.6 Å². The van der Waals surface area contributed by atoms with E-state index in [4.69, 9.17) is 23.2 Å². The summed E-state index contributed by atoms with van der Waals surface area (Å²) in [5, 5.41) is 13.2. The lowest BCUT2D eigenvalue weighted by Crippen LogP contribution is -2.03. The minimum absolute atomic E-state index is 0.0565. The number of halogens is 2. The molecule has 5 nitrogen and oxygen atoms in total. The number of nitrogens with one attached hydrogen (secondary N) is 1. The highest BCUT2D eigenvalue weighted by atomic mass is 35.5. The second-order valence-corrected chi connectivity index (χ2v) is 4.17. The molecule has 0 aliphatic rings. The van der Waals surface area contributed by atoms with Gasteiger partial charge in [-0.1, -0.05) is 11.6 Å². The average molecular weight is 262 g/mol. The van der Waals surface area contributed by atoms with Gasteiger partial charge in [-0.25, -0.2) is 4.98 Å². The van der Waals surface area contributed by atoms with Gasteiger partial charge in [-0.15, -0.1) is 21.5 Å². The first-order valence-corrected chi connectivity index (χ1v) is 5.57. The third kappa shape index (κ3) is 2.74. The van der Waals surface area contributed by atoms with Crippen LogP contribution in [0.15, 0.2) is 11.6 Å². The summed E-state index contributed by atoms with van der Waals surface area (Å²) in [4.78, 5) is 8.00. The van der Waals surface area contributed by atoms with E-state index in [-0.39, 0.29) is 10.4 Å². The van der Waals surface area contributed by atoms with Crippen molar-refractivity contribution >= 4 is 40.4 Å². The predicted octanol–water partition coefficient (Wildman–Crippen LogP) is 2.25. The molecule has 0 aliphatic carbocycles. The highest BCUT2D eigenvalue weighted by molar-refractivity contribution is 7.09. The summed E-state index contributed by atoms with van der Waals surface area (Å²) in [5.41, 5.74) is 0. The van der Waals surface area contributed by atoms with Crippen LogP contribution in [0.4, 0.5) is 5.82 Å². The van der Waals surface area contributed by atoms with E-state index in [2.05, 4.69) is 25.5 Å². The number of nitrogens with zero attached hydrogens (tertiary/aromatic N) is 4. The molecule has 2 aromatic heterocycles. The number of aromatic nitrogens is 4. The Morgan fingerprint density at radius 3 is 2.93 bits per heavy atom. The van der Waals surface area contributed by atoms with Crippen molar-refractivity contribution in [3.05, 3.63) is 27.0 Å². The van der Waals surface area contributed by atoms with E-state index in [0.29, 0.717) is 12.4 Å². The first kappa shape index (κ1) is 10.5. The third-order valence-electron chi connectivity index (χ3n) is 1.51. The Labute approximate surface area is 99.5 Å². The Balaban J connectivity index is 2.07. The lowest BCUT2D eigenvalue weighted by molar-refractivity contribution is 0.956. The quantitative estimate of drug-likeness (QED) is 0.919. The van der Waals surface area contributed by atoms with Crippen LogP contribution in [0.1, 0.15) is 5.01 Å². The maximum Gasteiger partial charge on any atom is 0.245 e. The Morgan fingerprint density at radius 1 is 1.33 bits per heavy atom. The predicted molar refractivity (Wildman–Crippen MR) is 59.3 cm³/mol. The van der Waals surface area contributed by atoms with E-state index < -0.39 is 0 Å². The van der Waals surface area contributed by atoms with E-state index in [1.54, 1.807) is 6.20 Å². The Hall–Kier alpha value is -0.980. The van der Waals surface area contributed by atoms with Gasteiger partial charge in [0.05, 0.1) is 6.54 Å². The van der Waals surface area contributed by atoms with Crippen LogP contribution in [0.3, 0.4) is 0 Å². The van der Waals surface area contributed by atoms with Gasteiger partial charge in [-0.2, -0.15) is 4.98 Å². The normalized spacial score (nSPS) is 10.3. The highest BCUT2D eigenvalue weighted by Gasteiger charge is 2.05. The second kappa shape index (κ2) is 4.69. The van der Waals surface area contributed by atoms with Crippen LogP contribution in [-0.2, 0) is 6.54 Å². The van der Waals surface area contributed by atoms with Crippen molar-refractivity contribution < 1.29 is 0 Å². The maximum absolute atomic E-state index is 5.76. The molecule has 0 radical (unpaired) electrons. The minimum atomic E-state index is 0.0565. The van der Waals surface area contributed by atoms with Crippen LogP contribution >= 0.6 is 34.5 Å². The van der Waals surface area contributed by atoms with Crippen molar-refractivity contribution in [1.82, 2.24) is 20.2 Å². The molecule has 0 unspecified atom stereocenters. The zero-order valence-electron chi connectivity index (χ0n) is 7.31. The Kier molecular flexibility index (Phi) is 3.30. The molecule has 1 N–H and O–H groups in total. The Bertz CT molecular complexity index is 447. The molecule has 2 rings (SSSR count). The molecule has 2 heterocycles. The fourth-order valence-corrected chi connectivity index (χ4v) is 1.73. The van der Waals surface area contributed by atoms with E-state index in [0.717, 1.165) is 5.01 Å². The average Bonchev–Trinajstić information content (AvgIpc) is 2.72. The van der Waals surface area contributed by atoms with Gasteiger partial charge in [0.15, 0.2) is 11.0 Å². The molecular formula is C7H5Cl2N5S. The number of hydrogen-bond donors (Lipinski definition) is 1. The van der Waals surface area contributed by atoms with Crippen LogP contribution in [0, 0.1) is 0 Å². The van der Waals surface area contributed by atoms with Gasteiger partial charge in [-0.3, -0.25) is 0 Å². The third-order valence-corrected chi connectivity index (χ3v) is 2.70. The smallest absolute Gasteiger partial charge is 0.245 e. The van der Waals surface area contributed by atoms with Gasteiger partial charge in [0.1, 0.15) is 5.01 Å². The Morgan fingerprint density at radius 2 is 2.20 bits per heavy atom. The number of rotatable bonds is 3. The molecule has 0 aliphatic heterocycles. The van der Waals surface area contributed by atoms with E-state index in [9.17, 15) is 0 Å². The highest BCUT2D eigenvalue weighted by Crippen LogP contribution is 2.17. The maximum atomic E-state index is 5.76. The summed E-state index contributed by atoms with van der Waals surface area (Å²) >= 11 is 12.9. The zero-order chi connectivity index (χ0) is 10.7. The van der Waals surface area contributed by atoms with Crippen molar-refractivity contribution in [2.45, 2.75) is 6.54 Å². The van der Waals surface area contributed by atoms with E-state index in [1.165, 1.54) is 11.3 Å². The fraction of sp³-hybridized carbons (Fsp3) is 0.143. The molecule has 0 atom stereocenters. The van der Waals surface area contributed by atoms with Crippen molar-refractivity contribution in [2.24, 2.45) is 0 Å². The molecule has 0 bridgehead atoms. The minimum Gasteiger partial charge on any atom is -0.361 e. The molecule has 0 saturated heterocycles. The largest absolute Gasteiger partial charge is 0.361 e. The number of thiazole rings is 1. The van der Waals surface area contributed by atoms with Crippen molar-refractivity contribution in [3.63, 3.8) is 0 Å². The van der Waals surface area contributed by atoms with Gasteiger partial charge in [-0.05, 0) is 11.6 Å². The van der Waals surface area contributed by atoms with Crippen LogP contribution in [-0.4, -0.2) is 20.2 Å². The molecule has 0 saturated carbocycles. The zero-order valence-corrected chi connectivity index (χ0v) is 9.64. The summed E-state index contributed by atoms with van der Waals surface area (Å²) in [6.07, 6.45) is 1.73. The van der Waals surface area contributed by atoms with Crippen molar-refractivity contribution in [2.75, 3.05) is 5.32 Å². The molecule has 15 heavy (non-hydrogen) atoms. The standard InChI is InChI=1S/C7H5Cl2N5S/c8-5-6(12-7(9)14-13-5)11-3-4-10-1-2-15-4/h1-2H,3H2,(H,11,12,14). The van der Waals surface area contributed by atoms with Gasteiger partial charge >= 0.3 is 0 Å². The first-order valence-electron chi connectivity index (χ1n) is 3.93. The second-order valence-electron chi connectivity index (χ2n) is 2.50. The monoisotopic (exact) mass is 261 g/mol. The molecule has 0 aromatic carbocycles. The molecule has 8 heteroatoms. The van der Waals surface area contributed by atoms with Crippen molar-refractivity contribution in [1.29, 1.82) is 0 Å². The van der Waals surface area contributed by atoms with E-state index >= 15 is 0 Å². The first-order chi connectivity index (χ1) is 7.25. The van der Waals surface area contributed by atoms with Crippen LogP contribution in [0.25, 0.3) is 0 Å². The van der Waals surface area contributed by atoms with Crippen LogP contribution in [0.5, 0.6) is 0 Å². The molecule has 0 spiro atoms. The van der Waals surface area contributed by atoms with Crippen molar-refractivity contribution in [3.8, 4) is 0 Å². The molecule has 0 amide bonds. The summed E-state index contributed by atoms with van der Waals surface area (Å²) in [6.45, 7) is 0.534. The molecular weight excluding hydrogens is 257 g/mol. The molecule has 78 valence electrons. The van der Waals surface area contributed by atoms with Gasteiger partial charge < -0.3 is 5.32 Å². The lowest BCUT2D eigenvalue weighted by atomic mass is 10.6. The number of anilines is 1. The van der Waals surface area contributed by atoms with Gasteiger partial charge in [0, 0.05) is 11.6 Å².